The average molecular weight is 272 g/mol. The Morgan fingerprint density at radius 3 is 2.90 bits per heavy atom. The molecule has 0 saturated carbocycles. The molecule has 0 spiro atoms. The zero-order chi connectivity index (χ0) is 13.9. The molecule has 1 N–H and O–H groups in total. The van der Waals surface area contributed by atoms with Crippen LogP contribution in [0.4, 0.5) is 0 Å². The summed E-state index contributed by atoms with van der Waals surface area (Å²) in [5, 5.41) is 13.8. The maximum atomic E-state index is 9.61. The van der Waals surface area contributed by atoms with Crippen LogP contribution >= 0.6 is 0 Å². The Bertz CT molecular complexity index is 554. The molecule has 0 bridgehead atoms. The quantitative estimate of drug-likeness (QED) is 0.903. The van der Waals surface area contributed by atoms with E-state index >= 15 is 0 Å². The van der Waals surface area contributed by atoms with Crippen LogP contribution in [-0.4, -0.2) is 44.5 Å². The van der Waals surface area contributed by atoms with Gasteiger partial charge in [-0.25, -0.2) is 0 Å². The van der Waals surface area contributed by atoms with Crippen LogP contribution in [0.5, 0.6) is 0 Å². The number of rotatable bonds is 4. The monoisotopic (exact) mass is 272 g/mol. The van der Waals surface area contributed by atoms with E-state index in [0.717, 1.165) is 25.3 Å². The van der Waals surface area contributed by atoms with E-state index in [1.54, 1.807) is 0 Å². The third-order valence-corrected chi connectivity index (χ3v) is 3.98. The normalized spacial score (nSPS) is 23.3. The Hall–Kier alpha value is -1.72. The fourth-order valence-corrected chi connectivity index (χ4v) is 3.02. The summed E-state index contributed by atoms with van der Waals surface area (Å²) in [6, 6.07) is 6.00. The largest absolute Gasteiger partial charge is 0.396 e. The molecule has 2 atom stereocenters. The highest BCUT2D eigenvalue weighted by atomic mass is 16.3. The van der Waals surface area contributed by atoms with Crippen molar-refractivity contribution < 1.29 is 5.11 Å². The zero-order valence-electron chi connectivity index (χ0n) is 11.7. The van der Waals surface area contributed by atoms with Gasteiger partial charge in [-0.1, -0.05) is 6.07 Å². The molecule has 0 radical (unpaired) electrons. The Kier molecular flexibility index (Phi) is 3.80. The summed E-state index contributed by atoms with van der Waals surface area (Å²) in [6.07, 6.45) is 5.78. The van der Waals surface area contributed by atoms with Crippen molar-refractivity contribution in [3.63, 3.8) is 0 Å². The van der Waals surface area contributed by atoms with Gasteiger partial charge in [0.2, 0.25) is 0 Å². The van der Waals surface area contributed by atoms with E-state index in [2.05, 4.69) is 21.0 Å². The summed E-state index contributed by atoms with van der Waals surface area (Å²) in [4.78, 5) is 6.82. The van der Waals surface area contributed by atoms with Crippen molar-refractivity contribution in [3.8, 4) is 0 Å². The van der Waals surface area contributed by atoms with Crippen molar-refractivity contribution in [1.29, 1.82) is 0 Å². The highest BCUT2D eigenvalue weighted by molar-refractivity contribution is 5.15. The molecule has 0 unspecified atom stereocenters. The average Bonchev–Trinajstić information content (AvgIpc) is 3.06. The lowest BCUT2D eigenvalue weighted by atomic mass is 9.93. The molecule has 0 amide bonds. The molecule has 0 aromatic carbocycles. The van der Waals surface area contributed by atoms with Gasteiger partial charge in [0.25, 0.3) is 0 Å². The smallest absolute Gasteiger partial charge is 0.0534 e. The standard InChI is InChI=1S/C15H20N4O/c1-18-7-12(6-17-18)8-19-9-13(11-20)14(10-19)15-4-2-3-5-16-15/h2-7,13-14,20H,8-11H2,1H3/t13-,14+/m0/s1. The summed E-state index contributed by atoms with van der Waals surface area (Å²) in [5.74, 6) is 0.583. The predicted molar refractivity (Wildman–Crippen MR) is 76.0 cm³/mol. The maximum absolute atomic E-state index is 9.61. The molecule has 5 nitrogen and oxygen atoms in total. The molecule has 1 fully saturated rings. The summed E-state index contributed by atoms with van der Waals surface area (Å²) in [6.45, 7) is 2.95. The molecule has 106 valence electrons. The van der Waals surface area contributed by atoms with Gasteiger partial charge >= 0.3 is 0 Å². The first kappa shape index (κ1) is 13.3. The molecule has 1 aliphatic heterocycles. The fraction of sp³-hybridized carbons (Fsp3) is 0.467. The Morgan fingerprint density at radius 1 is 1.35 bits per heavy atom. The molecule has 3 heterocycles. The second-order valence-corrected chi connectivity index (χ2v) is 5.52. The number of aromatic nitrogens is 3. The highest BCUT2D eigenvalue weighted by Gasteiger charge is 2.34. The molecule has 1 saturated heterocycles. The second-order valence-electron chi connectivity index (χ2n) is 5.52. The lowest BCUT2D eigenvalue weighted by Gasteiger charge is -2.15. The number of aliphatic hydroxyl groups excluding tert-OH is 1. The van der Waals surface area contributed by atoms with Crippen LogP contribution in [0.15, 0.2) is 36.8 Å². The summed E-state index contributed by atoms with van der Waals surface area (Å²) in [5.41, 5.74) is 2.30. The van der Waals surface area contributed by atoms with Crippen LogP contribution in [0.25, 0.3) is 0 Å². The summed E-state index contributed by atoms with van der Waals surface area (Å²) < 4.78 is 1.82. The number of hydrogen-bond donors (Lipinski definition) is 1. The first-order chi connectivity index (χ1) is 9.76. The SMILES string of the molecule is Cn1cc(CN2C[C@@H](CO)[C@H](c3ccccn3)C2)cn1. The number of likely N-dealkylation sites (tertiary alicyclic amines) is 1. The van der Waals surface area contributed by atoms with E-state index in [0.29, 0.717) is 5.92 Å². The third-order valence-electron chi connectivity index (χ3n) is 3.98. The molecule has 5 heteroatoms. The highest BCUT2D eigenvalue weighted by Crippen LogP contribution is 2.31. The molecule has 0 aliphatic carbocycles. The van der Waals surface area contributed by atoms with Crippen LogP contribution < -0.4 is 0 Å². The van der Waals surface area contributed by atoms with E-state index in [1.165, 1.54) is 5.56 Å². The van der Waals surface area contributed by atoms with Gasteiger partial charge in [0.05, 0.1) is 6.20 Å². The van der Waals surface area contributed by atoms with Crippen molar-refractivity contribution in [3.05, 3.63) is 48.0 Å². The van der Waals surface area contributed by atoms with Gasteiger partial charge in [0.1, 0.15) is 0 Å². The van der Waals surface area contributed by atoms with Crippen LogP contribution in [0.3, 0.4) is 0 Å². The van der Waals surface area contributed by atoms with Gasteiger partial charge in [0.15, 0.2) is 0 Å². The van der Waals surface area contributed by atoms with E-state index in [9.17, 15) is 5.11 Å². The van der Waals surface area contributed by atoms with Crippen molar-refractivity contribution in [2.75, 3.05) is 19.7 Å². The van der Waals surface area contributed by atoms with Gasteiger partial charge in [-0.05, 0) is 12.1 Å². The van der Waals surface area contributed by atoms with Gasteiger partial charge in [0, 0.05) is 68.8 Å². The van der Waals surface area contributed by atoms with Crippen molar-refractivity contribution in [2.24, 2.45) is 13.0 Å². The maximum Gasteiger partial charge on any atom is 0.0534 e. The molecule has 2 aromatic rings. The lowest BCUT2D eigenvalue weighted by Crippen LogP contribution is -2.20. The summed E-state index contributed by atoms with van der Waals surface area (Å²) >= 11 is 0. The Labute approximate surface area is 118 Å². The number of pyridine rings is 1. The summed E-state index contributed by atoms with van der Waals surface area (Å²) in [7, 11) is 1.93. The van der Waals surface area contributed by atoms with Crippen molar-refractivity contribution >= 4 is 0 Å². The second kappa shape index (κ2) is 5.73. The molecular weight excluding hydrogens is 252 g/mol. The van der Waals surface area contributed by atoms with Gasteiger partial charge in [-0.2, -0.15) is 5.10 Å². The van der Waals surface area contributed by atoms with Crippen molar-refractivity contribution in [1.82, 2.24) is 19.7 Å². The molecule has 20 heavy (non-hydrogen) atoms. The number of hydrogen-bond acceptors (Lipinski definition) is 4. The minimum Gasteiger partial charge on any atom is -0.396 e. The van der Waals surface area contributed by atoms with Crippen LogP contribution in [0.1, 0.15) is 17.2 Å². The van der Waals surface area contributed by atoms with Crippen molar-refractivity contribution in [2.45, 2.75) is 12.5 Å². The van der Waals surface area contributed by atoms with Crippen LogP contribution in [0.2, 0.25) is 0 Å². The fourth-order valence-electron chi connectivity index (χ4n) is 3.02. The van der Waals surface area contributed by atoms with E-state index in [-0.39, 0.29) is 12.5 Å². The molecule has 3 rings (SSSR count). The molecule has 1 aliphatic rings. The first-order valence-corrected chi connectivity index (χ1v) is 6.98. The van der Waals surface area contributed by atoms with Gasteiger partial charge in [-0.3, -0.25) is 14.6 Å². The molecule has 2 aromatic heterocycles. The third kappa shape index (κ3) is 2.73. The van der Waals surface area contributed by atoms with Gasteiger partial charge in [-0.15, -0.1) is 0 Å². The van der Waals surface area contributed by atoms with Crippen LogP contribution in [0, 0.1) is 5.92 Å². The number of nitrogens with zero attached hydrogens (tertiary/aromatic N) is 4. The Morgan fingerprint density at radius 2 is 2.25 bits per heavy atom. The number of aliphatic hydroxyl groups is 1. The van der Waals surface area contributed by atoms with E-state index in [1.807, 2.05) is 42.5 Å². The van der Waals surface area contributed by atoms with Crippen LogP contribution in [-0.2, 0) is 13.6 Å². The number of aryl methyl sites for hydroxylation is 1. The van der Waals surface area contributed by atoms with Gasteiger partial charge < -0.3 is 5.11 Å². The van der Waals surface area contributed by atoms with E-state index < -0.39 is 0 Å². The predicted octanol–water partition coefficient (Wildman–Crippen LogP) is 1.02. The minimum absolute atomic E-state index is 0.213. The first-order valence-electron chi connectivity index (χ1n) is 6.98. The van der Waals surface area contributed by atoms with E-state index in [4.69, 9.17) is 0 Å². The topological polar surface area (TPSA) is 54.2 Å². The molecular formula is C15H20N4O. The Balaban J connectivity index is 1.71. The zero-order valence-corrected chi connectivity index (χ0v) is 11.7. The lowest BCUT2D eigenvalue weighted by molar-refractivity contribution is 0.213. The minimum atomic E-state index is 0.213.